The number of aliphatic hydroxyl groups is 3. The van der Waals surface area contributed by atoms with Crippen LogP contribution in [0.4, 0.5) is 0 Å². The predicted octanol–water partition coefficient (Wildman–Crippen LogP) is -7.20. The molecule has 0 aliphatic carbocycles. The molecule has 0 unspecified atom stereocenters. The van der Waals surface area contributed by atoms with Crippen LogP contribution >= 0.6 is 7.60 Å². The second kappa shape index (κ2) is 11.3. The van der Waals surface area contributed by atoms with Crippen LogP contribution in [-0.2, 0) is 9.30 Å². The Morgan fingerprint density at radius 2 is 1.73 bits per heavy atom. The van der Waals surface area contributed by atoms with Crippen molar-refractivity contribution in [1.29, 1.82) is 0 Å². The minimum absolute atomic E-state index is 0. The van der Waals surface area contributed by atoms with Crippen LogP contribution in [0.15, 0.2) is 18.2 Å². The molecule has 1 aliphatic rings. The van der Waals surface area contributed by atoms with E-state index < -0.39 is 44.5 Å². The third-order valence-corrected chi connectivity index (χ3v) is 4.74. The monoisotopic (exact) mass is 406 g/mol. The number of rotatable bonds is 5. The first kappa shape index (κ1) is 27.0. The minimum Gasteiger partial charge on any atom is -0.811 e. The Balaban J connectivity index is 0.00000312. The van der Waals surface area contributed by atoms with Gasteiger partial charge in [0.25, 0.3) is 0 Å². The van der Waals surface area contributed by atoms with E-state index in [4.69, 9.17) is 9.47 Å². The topological polar surface area (TPSA) is 142 Å². The van der Waals surface area contributed by atoms with E-state index in [1.807, 2.05) is 13.0 Å². The summed E-state index contributed by atoms with van der Waals surface area (Å²) in [6.07, 6.45) is -8.11. The van der Waals surface area contributed by atoms with Gasteiger partial charge in [-0.25, -0.2) is 0 Å². The Hall–Kier alpha value is 1.01. The van der Waals surface area contributed by atoms with Crippen LogP contribution in [0.25, 0.3) is 0 Å². The van der Waals surface area contributed by atoms with Crippen molar-refractivity contribution in [3.8, 4) is 5.75 Å². The number of hydrogen-bond acceptors (Lipinski definition) is 8. The molecule has 2 rings (SSSR count). The predicted molar refractivity (Wildman–Crippen MR) is 80.3 cm³/mol. The van der Waals surface area contributed by atoms with Crippen LogP contribution in [0, 0.1) is 13.8 Å². The third kappa shape index (κ3) is 7.44. The summed E-state index contributed by atoms with van der Waals surface area (Å²) >= 11 is 0. The zero-order chi connectivity index (χ0) is 18.1. The molecule has 136 valence electrons. The Labute approximate surface area is 196 Å². The average molecular weight is 406 g/mol. The molecule has 1 heterocycles. The molecule has 1 fully saturated rings. The summed E-state index contributed by atoms with van der Waals surface area (Å²) in [6.45, 7) is 3.70. The van der Waals surface area contributed by atoms with Crippen molar-refractivity contribution in [3.63, 3.8) is 0 Å². The van der Waals surface area contributed by atoms with Crippen LogP contribution in [-0.4, -0.2) is 52.2 Å². The van der Waals surface area contributed by atoms with Gasteiger partial charge in [-0.1, -0.05) is 25.3 Å². The average Bonchev–Trinajstić information content (AvgIpc) is 2.48. The number of hydrogen-bond donors (Lipinski definition) is 3. The number of aliphatic hydroxyl groups excluding tert-OH is 3. The van der Waals surface area contributed by atoms with Gasteiger partial charge < -0.3 is 39.1 Å². The summed E-state index contributed by atoms with van der Waals surface area (Å²) in [5, 5.41) is 29.8. The molecule has 0 radical (unpaired) electrons. The summed E-state index contributed by atoms with van der Waals surface area (Å²) in [5.74, 6) is 0.422. The maximum Gasteiger partial charge on any atom is 1.00 e. The van der Waals surface area contributed by atoms with Crippen molar-refractivity contribution in [2.75, 3.05) is 6.16 Å². The fraction of sp³-hybridized carbons (Fsp3) is 0.600. The molecule has 0 spiro atoms. The van der Waals surface area contributed by atoms with Crippen LogP contribution < -0.4 is 73.6 Å². The molecule has 1 aromatic carbocycles. The number of benzene rings is 1. The summed E-state index contributed by atoms with van der Waals surface area (Å²) in [5.41, 5.74) is 1.80. The van der Waals surface area contributed by atoms with Crippen LogP contribution in [0.5, 0.6) is 5.75 Å². The van der Waals surface area contributed by atoms with Gasteiger partial charge in [0.1, 0.15) is 24.1 Å². The fourth-order valence-electron chi connectivity index (χ4n) is 2.59. The van der Waals surface area contributed by atoms with E-state index in [1.165, 1.54) is 0 Å². The van der Waals surface area contributed by atoms with E-state index in [0.717, 1.165) is 11.1 Å². The number of aryl methyl sites for hydroxylation is 2. The molecule has 8 nitrogen and oxygen atoms in total. The second-order valence-electron chi connectivity index (χ2n) is 6.02. The third-order valence-electron chi connectivity index (χ3n) is 3.93. The fourth-order valence-corrected chi connectivity index (χ4v) is 3.17. The van der Waals surface area contributed by atoms with Crippen molar-refractivity contribution in [3.05, 3.63) is 29.3 Å². The van der Waals surface area contributed by atoms with E-state index in [-0.39, 0.29) is 65.5 Å². The summed E-state index contributed by atoms with van der Waals surface area (Å²) in [4.78, 5) is 21.5. The summed E-state index contributed by atoms with van der Waals surface area (Å²) < 4.78 is 21.7. The van der Waals surface area contributed by atoms with Crippen LogP contribution in [0.2, 0.25) is 0 Å². The first-order valence-electron chi connectivity index (χ1n) is 7.53. The van der Waals surface area contributed by atoms with Gasteiger partial charge in [0.15, 0.2) is 0 Å². The van der Waals surface area contributed by atoms with E-state index in [9.17, 15) is 29.7 Å². The smallest absolute Gasteiger partial charge is 0.811 e. The molecule has 0 saturated carbocycles. The summed E-state index contributed by atoms with van der Waals surface area (Å²) in [6, 6.07) is 5.33. The first-order chi connectivity index (χ1) is 11.1. The van der Waals surface area contributed by atoms with Gasteiger partial charge >= 0.3 is 59.1 Å². The van der Waals surface area contributed by atoms with Crippen molar-refractivity contribution in [2.24, 2.45) is 0 Å². The molecule has 1 saturated heterocycles. The summed E-state index contributed by atoms with van der Waals surface area (Å²) in [7, 11) is -4.77. The van der Waals surface area contributed by atoms with Crippen molar-refractivity contribution in [1.82, 2.24) is 0 Å². The molecular formula is C15H21Na2O8P. The maximum atomic E-state index is 10.8. The zero-order valence-corrected chi connectivity index (χ0v) is 20.3. The van der Waals surface area contributed by atoms with Gasteiger partial charge in [-0.2, -0.15) is 0 Å². The quantitative estimate of drug-likeness (QED) is 0.324. The molecule has 3 N–H and O–H groups in total. The van der Waals surface area contributed by atoms with Crippen LogP contribution in [0.1, 0.15) is 17.5 Å². The van der Waals surface area contributed by atoms with E-state index in [1.54, 1.807) is 19.1 Å². The van der Waals surface area contributed by atoms with Crippen molar-refractivity contribution in [2.45, 2.75) is 51.0 Å². The van der Waals surface area contributed by atoms with Gasteiger partial charge in [0.2, 0.25) is 6.29 Å². The molecular weight excluding hydrogens is 385 g/mol. The SMILES string of the molecule is Cc1ccc(O[C@H]2O[C@H](CCP(=O)([O-])[O-])[C@@H](O)[C@H](O)[C@@H]2O)c(C)c1.[Na+].[Na+]. The molecule has 26 heavy (non-hydrogen) atoms. The zero-order valence-electron chi connectivity index (χ0n) is 15.4. The molecule has 1 aliphatic heterocycles. The van der Waals surface area contributed by atoms with E-state index in [0.29, 0.717) is 5.75 Å². The Kier molecular flexibility index (Phi) is 11.7. The van der Waals surface area contributed by atoms with Crippen molar-refractivity contribution >= 4 is 7.60 Å². The van der Waals surface area contributed by atoms with Gasteiger partial charge in [0.05, 0.1) is 6.10 Å². The Morgan fingerprint density at radius 3 is 2.27 bits per heavy atom. The first-order valence-corrected chi connectivity index (χ1v) is 9.26. The maximum absolute atomic E-state index is 10.8. The van der Waals surface area contributed by atoms with Gasteiger partial charge in [-0.15, -0.1) is 0 Å². The van der Waals surface area contributed by atoms with Crippen molar-refractivity contribution < 1.29 is 98.3 Å². The second-order valence-corrected chi connectivity index (χ2v) is 7.69. The van der Waals surface area contributed by atoms with Crippen LogP contribution in [0.3, 0.4) is 0 Å². The van der Waals surface area contributed by atoms with Gasteiger partial charge in [-0.3, -0.25) is 0 Å². The van der Waals surface area contributed by atoms with Gasteiger partial charge in [-0.05, 0) is 38.1 Å². The largest absolute Gasteiger partial charge is 1.00 e. The van der Waals surface area contributed by atoms with E-state index >= 15 is 0 Å². The molecule has 1 aromatic rings. The Morgan fingerprint density at radius 1 is 1.12 bits per heavy atom. The molecule has 0 bridgehead atoms. The van der Waals surface area contributed by atoms with Gasteiger partial charge in [0, 0.05) is 0 Å². The standard InChI is InChI=1S/C15H23O8P.2Na/c1-8-3-4-10(9(2)7-8)22-15-14(18)13(17)12(16)11(23-15)5-6-24(19,20)21;;/h3-4,7,11-18H,5-6H2,1-2H3,(H2,19,20,21);;/q;2*+1/p-2/t11-,12-,13+,14+,15+;;/m1../s1. The minimum atomic E-state index is -4.77. The molecule has 5 atom stereocenters. The normalized spacial score (nSPS) is 28.7. The van der Waals surface area contributed by atoms with E-state index in [2.05, 4.69) is 0 Å². The molecule has 0 amide bonds. The molecule has 0 aromatic heterocycles. The molecule has 11 heteroatoms. The number of ether oxygens (including phenoxy) is 2. The Bertz CT molecular complexity index is 626.